The second-order valence-corrected chi connectivity index (χ2v) is 5.71. The van der Waals surface area contributed by atoms with Crippen LogP contribution >= 0.6 is 0 Å². The largest absolute Gasteiger partial charge is 0.508 e. The lowest BCUT2D eigenvalue weighted by Crippen LogP contribution is -2.37. The molecule has 0 saturated heterocycles. The van der Waals surface area contributed by atoms with Gasteiger partial charge in [-0.3, -0.25) is 10.2 Å². The molecule has 3 aromatic rings. The standard InChI is InChI=1S/C20H13NO3/c21-20-18(24)10-15-13-4-2-1-3-11(13)5-7-14(15)19(20)16-9-12(22)6-8-17(16)23/h1-10,21-23H. The van der Waals surface area contributed by atoms with Gasteiger partial charge in [0.05, 0.1) is 0 Å². The maximum Gasteiger partial charge on any atom is 0.204 e. The van der Waals surface area contributed by atoms with E-state index >= 15 is 0 Å². The second kappa shape index (κ2) is 5.06. The summed E-state index contributed by atoms with van der Waals surface area (Å²) in [4.78, 5) is 12.3. The van der Waals surface area contributed by atoms with Crippen LogP contribution in [-0.2, 0) is 4.79 Å². The van der Waals surface area contributed by atoms with Crippen LogP contribution in [0.3, 0.4) is 0 Å². The molecule has 1 aliphatic rings. The maximum atomic E-state index is 12.3. The van der Waals surface area contributed by atoms with Gasteiger partial charge in [0.2, 0.25) is 5.78 Å². The van der Waals surface area contributed by atoms with Gasteiger partial charge in [-0.05, 0) is 45.5 Å². The fourth-order valence-electron chi connectivity index (χ4n) is 3.13. The van der Waals surface area contributed by atoms with Crippen LogP contribution in [0.15, 0.2) is 54.6 Å². The van der Waals surface area contributed by atoms with E-state index in [2.05, 4.69) is 0 Å². The molecule has 0 aromatic heterocycles. The molecule has 0 amide bonds. The normalized spacial score (nSPS) is 13.8. The smallest absolute Gasteiger partial charge is 0.204 e. The Labute approximate surface area is 137 Å². The molecule has 1 aliphatic carbocycles. The van der Waals surface area contributed by atoms with Crippen molar-refractivity contribution in [2.75, 3.05) is 0 Å². The molecule has 0 heterocycles. The fraction of sp³-hybridized carbons (Fsp3) is 0. The van der Waals surface area contributed by atoms with E-state index in [9.17, 15) is 15.0 Å². The minimum absolute atomic E-state index is 0.0348. The summed E-state index contributed by atoms with van der Waals surface area (Å²) in [5.74, 6) is -0.537. The Bertz CT molecular complexity index is 1160. The van der Waals surface area contributed by atoms with E-state index in [0.29, 0.717) is 10.8 Å². The molecule has 4 rings (SSSR count). The third-order valence-corrected chi connectivity index (χ3v) is 4.26. The van der Waals surface area contributed by atoms with Crippen molar-refractivity contribution in [2.45, 2.75) is 0 Å². The third kappa shape index (κ3) is 2.01. The number of Topliss-reactive ketones (excluding diaryl/α,β-unsaturated/α-hetero) is 1. The van der Waals surface area contributed by atoms with Gasteiger partial charge in [-0.2, -0.15) is 0 Å². The van der Waals surface area contributed by atoms with Gasteiger partial charge in [-0.1, -0.05) is 36.4 Å². The first kappa shape index (κ1) is 14.2. The van der Waals surface area contributed by atoms with E-state index in [4.69, 9.17) is 5.41 Å². The van der Waals surface area contributed by atoms with Gasteiger partial charge < -0.3 is 10.2 Å². The third-order valence-electron chi connectivity index (χ3n) is 4.26. The first-order chi connectivity index (χ1) is 11.6. The molecule has 0 radical (unpaired) electrons. The SMILES string of the molecule is N=C1C(=O)C=c2c(ccc3ccccc23)=C1c1cc(O)ccc1O. The number of benzene rings is 3. The van der Waals surface area contributed by atoms with E-state index in [1.165, 1.54) is 24.3 Å². The molecule has 24 heavy (non-hydrogen) atoms. The lowest BCUT2D eigenvalue weighted by molar-refractivity contribution is -0.107. The van der Waals surface area contributed by atoms with Crippen LogP contribution in [0.5, 0.6) is 11.5 Å². The van der Waals surface area contributed by atoms with Gasteiger partial charge in [0.1, 0.15) is 17.2 Å². The summed E-state index contributed by atoms with van der Waals surface area (Å²) in [6.07, 6.45) is 1.46. The Morgan fingerprint density at radius 1 is 0.917 bits per heavy atom. The molecule has 116 valence electrons. The maximum absolute atomic E-state index is 12.3. The zero-order valence-electron chi connectivity index (χ0n) is 12.6. The molecule has 0 unspecified atom stereocenters. The molecule has 0 spiro atoms. The average Bonchev–Trinajstić information content (AvgIpc) is 2.59. The highest BCUT2D eigenvalue weighted by Crippen LogP contribution is 2.28. The van der Waals surface area contributed by atoms with Crippen LogP contribution in [0.2, 0.25) is 0 Å². The van der Waals surface area contributed by atoms with E-state index in [0.717, 1.165) is 16.0 Å². The van der Waals surface area contributed by atoms with Crippen molar-refractivity contribution in [3.8, 4) is 11.5 Å². The van der Waals surface area contributed by atoms with Crippen molar-refractivity contribution in [1.82, 2.24) is 0 Å². The van der Waals surface area contributed by atoms with Gasteiger partial charge in [0, 0.05) is 11.1 Å². The number of phenols is 2. The van der Waals surface area contributed by atoms with Gasteiger partial charge >= 0.3 is 0 Å². The predicted octanol–water partition coefficient (Wildman–Crippen LogP) is 1.83. The molecule has 0 bridgehead atoms. The summed E-state index contributed by atoms with van der Waals surface area (Å²) in [5, 5.41) is 31.4. The Kier molecular flexibility index (Phi) is 3.00. The van der Waals surface area contributed by atoms with Crippen LogP contribution in [0.25, 0.3) is 22.4 Å². The lowest BCUT2D eigenvalue weighted by atomic mass is 9.89. The second-order valence-electron chi connectivity index (χ2n) is 5.71. The van der Waals surface area contributed by atoms with Crippen LogP contribution in [0.1, 0.15) is 5.56 Å². The van der Waals surface area contributed by atoms with Gasteiger partial charge in [0.25, 0.3) is 0 Å². The highest BCUT2D eigenvalue weighted by Gasteiger charge is 2.22. The fourth-order valence-corrected chi connectivity index (χ4v) is 3.13. The number of hydrogen-bond acceptors (Lipinski definition) is 4. The number of phenolic OH excluding ortho intramolecular Hbond substituents is 2. The van der Waals surface area contributed by atoms with Gasteiger partial charge in [-0.15, -0.1) is 0 Å². The first-order valence-corrected chi connectivity index (χ1v) is 7.45. The minimum atomic E-state index is -0.420. The highest BCUT2D eigenvalue weighted by atomic mass is 16.3. The number of rotatable bonds is 1. The van der Waals surface area contributed by atoms with Crippen molar-refractivity contribution < 1.29 is 15.0 Å². The number of hydrogen-bond donors (Lipinski definition) is 3. The molecule has 0 fully saturated rings. The average molecular weight is 315 g/mol. The minimum Gasteiger partial charge on any atom is -0.508 e. The summed E-state index contributed by atoms with van der Waals surface area (Å²) >= 11 is 0. The number of nitrogens with one attached hydrogen (secondary N) is 1. The quantitative estimate of drug-likeness (QED) is 0.599. The Morgan fingerprint density at radius 3 is 2.54 bits per heavy atom. The summed E-state index contributed by atoms with van der Waals surface area (Å²) in [7, 11) is 0. The van der Waals surface area contributed by atoms with Crippen molar-refractivity contribution >= 4 is 33.9 Å². The number of fused-ring (bicyclic) bond motifs is 3. The Hall–Kier alpha value is -3.40. The lowest BCUT2D eigenvalue weighted by Gasteiger charge is -2.15. The van der Waals surface area contributed by atoms with E-state index < -0.39 is 5.78 Å². The number of aromatic hydroxyl groups is 2. The summed E-state index contributed by atoms with van der Waals surface area (Å²) in [5.41, 5.74) is 0.410. The van der Waals surface area contributed by atoms with Crippen LogP contribution in [-0.4, -0.2) is 21.7 Å². The predicted molar refractivity (Wildman–Crippen MR) is 92.7 cm³/mol. The summed E-state index contributed by atoms with van der Waals surface area (Å²) < 4.78 is 0. The van der Waals surface area contributed by atoms with Crippen molar-refractivity contribution in [2.24, 2.45) is 0 Å². The molecular formula is C20H13NO3. The van der Waals surface area contributed by atoms with E-state index in [1.807, 2.05) is 36.4 Å². The van der Waals surface area contributed by atoms with Crippen LogP contribution < -0.4 is 10.4 Å². The Balaban J connectivity index is 2.24. The number of ketones is 1. The van der Waals surface area contributed by atoms with Gasteiger partial charge in [0.15, 0.2) is 0 Å². The van der Waals surface area contributed by atoms with E-state index in [1.54, 1.807) is 0 Å². The molecule has 4 nitrogen and oxygen atoms in total. The molecule has 3 aromatic carbocycles. The summed E-state index contributed by atoms with van der Waals surface area (Å²) in [6, 6.07) is 15.6. The van der Waals surface area contributed by atoms with Crippen molar-refractivity contribution in [3.63, 3.8) is 0 Å². The number of carbonyl (C=O) groups excluding carboxylic acids is 1. The molecule has 0 atom stereocenters. The molecule has 3 N–H and O–H groups in total. The molecular weight excluding hydrogens is 302 g/mol. The summed E-state index contributed by atoms with van der Waals surface area (Å²) in [6.45, 7) is 0. The topological polar surface area (TPSA) is 81.4 Å². The van der Waals surface area contributed by atoms with Gasteiger partial charge in [-0.25, -0.2) is 0 Å². The highest BCUT2D eigenvalue weighted by molar-refractivity contribution is 6.63. The zero-order valence-corrected chi connectivity index (χ0v) is 12.6. The van der Waals surface area contributed by atoms with Crippen molar-refractivity contribution in [3.05, 3.63) is 70.6 Å². The molecule has 4 heteroatoms. The molecule has 0 aliphatic heterocycles. The molecule has 0 saturated carbocycles. The van der Waals surface area contributed by atoms with E-state index in [-0.39, 0.29) is 22.8 Å². The van der Waals surface area contributed by atoms with Crippen LogP contribution in [0, 0.1) is 5.41 Å². The number of carbonyl (C=O) groups is 1. The first-order valence-electron chi connectivity index (χ1n) is 7.45. The Morgan fingerprint density at radius 2 is 1.71 bits per heavy atom. The zero-order chi connectivity index (χ0) is 16.8. The van der Waals surface area contributed by atoms with Crippen molar-refractivity contribution in [1.29, 1.82) is 5.41 Å². The monoisotopic (exact) mass is 315 g/mol. The van der Waals surface area contributed by atoms with Crippen LogP contribution in [0.4, 0.5) is 0 Å².